The third-order valence-corrected chi connectivity index (χ3v) is 2.22. The summed E-state index contributed by atoms with van der Waals surface area (Å²) in [6.07, 6.45) is 0.411. The van der Waals surface area contributed by atoms with Crippen LogP contribution in [0.2, 0.25) is 0 Å². The first kappa shape index (κ1) is 9.51. The van der Waals surface area contributed by atoms with E-state index in [0.29, 0.717) is 23.4 Å². The Labute approximate surface area is 85.7 Å². The smallest absolute Gasteiger partial charge is 0.305 e. The van der Waals surface area contributed by atoms with Crippen LogP contribution in [0.15, 0.2) is 29.9 Å². The average Bonchev–Trinajstić information content (AvgIpc) is 2.17. The van der Waals surface area contributed by atoms with Crippen molar-refractivity contribution in [2.45, 2.75) is 0 Å². The van der Waals surface area contributed by atoms with Crippen molar-refractivity contribution in [2.24, 2.45) is 0 Å². The zero-order chi connectivity index (χ0) is 11.0. The van der Waals surface area contributed by atoms with E-state index in [9.17, 15) is 9.18 Å². The number of carbonyl (C=O) groups is 1. The van der Waals surface area contributed by atoms with Gasteiger partial charge in [-0.15, -0.1) is 0 Å². The Morgan fingerprint density at radius 2 is 2.27 bits per heavy atom. The highest BCUT2D eigenvalue weighted by molar-refractivity contribution is 5.84. The Hall–Kier alpha value is -2.04. The van der Waals surface area contributed by atoms with E-state index in [1.165, 1.54) is 11.0 Å². The molecule has 1 aliphatic rings. The van der Waals surface area contributed by atoms with Gasteiger partial charge in [0.05, 0.1) is 5.69 Å². The number of rotatable bonds is 1. The maximum atomic E-state index is 13.3. The molecule has 1 heterocycles. The van der Waals surface area contributed by atoms with Gasteiger partial charge in [-0.05, 0) is 12.1 Å². The number of nitrogens with zero attached hydrogens (tertiary/aromatic N) is 1. The predicted molar refractivity (Wildman–Crippen MR) is 54.1 cm³/mol. The minimum atomic E-state index is -0.911. The first-order valence-electron chi connectivity index (χ1n) is 4.29. The Bertz CT molecular complexity index is 457. The number of likely N-dealkylation sites (N-methyl/N-ethyl adjacent to an activating group) is 1. The van der Waals surface area contributed by atoms with Crippen molar-refractivity contribution in [3.8, 4) is 5.75 Å². The van der Waals surface area contributed by atoms with Crippen LogP contribution >= 0.6 is 0 Å². The largest absolute Gasteiger partial charge is 0.428 e. The van der Waals surface area contributed by atoms with E-state index in [1.54, 1.807) is 19.2 Å². The quantitative estimate of drug-likeness (QED) is 0.560. The van der Waals surface area contributed by atoms with Gasteiger partial charge >= 0.3 is 6.01 Å². The molecule has 0 saturated carbocycles. The van der Waals surface area contributed by atoms with E-state index < -0.39 is 6.01 Å². The van der Waals surface area contributed by atoms with E-state index in [-0.39, 0.29) is 5.70 Å². The maximum Gasteiger partial charge on any atom is 0.305 e. The van der Waals surface area contributed by atoms with Gasteiger partial charge in [0.1, 0.15) is 0 Å². The molecule has 1 aromatic carbocycles. The molecule has 0 aromatic heterocycles. The summed E-state index contributed by atoms with van der Waals surface area (Å²) in [6, 6.07) is 3.92. The van der Waals surface area contributed by atoms with Gasteiger partial charge in [-0.25, -0.2) is 0 Å². The third-order valence-electron chi connectivity index (χ3n) is 2.22. The molecule has 0 amide bonds. The summed E-state index contributed by atoms with van der Waals surface area (Å²) in [7, 11) is 1.58. The number of aldehydes is 1. The van der Waals surface area contributed by atoms with Crippen LogP contribution < -0.4 is 15.4 Å². The van der Waals surface area contributed by atoms with Gasteiger partial charge in [-0.2, -0.15) is 4.39 Å². The Morgan fingerprint density at radius 3 is 2.93 bits per heavy atom. The first-order chi connectivity index (χ1) is 7.13. The summed E-state index contributed by atoms with van der Waals surface area (Å²) in [5, 5.41) is 0. The topological polar surface area (TPSA) is 55.6 Å². The summed E-state index contributed by atoms with van der Waals surface area (Å²) in [5.41, 5.74) is 6.48. The summed E-state index contributed by atoms with van der Waals surface area (Å²) < 4.78 is 18.1. The number of nitrogens with two attached hydrogens (primary N) is 1. The Kier molecular flexibility index (Phi) is 2.07. The maximum absolute atomic E-state index is 13.3. The van der Waals surface area contributed by atoms with Crippen molar-refractivity contribution < 1.29 is 13.9 Å². The number of halogens is 1. The molecule has 1 aliphatic heterocycles. The fourth-order valence-corrected chi connectivity index (χ4v) is 1.43. The summed E-state index contributed by atoms with van der Waals surface area (Å²) >= 11 is 0. The Morgan fingerprint density at radius 1 is 1.53 bits per heavy atom. The van der Waals surface area contributed by atoms with Gasteiger partial charge in [0.15, 0.2) is 17.7 Å². The number of nitrogen functional groups attached to an aromatic ring is 1. The molecule has 0 fully saturated rings. The molecule has 2 N–H and O–H groups in total. The highest BCUT2D eigenvalue weighted by Gasteiger charge is 2.24. The lowest BCUT2D eigenvalue weighted by atomic mass is 10.2. The van der Waals surface area contributed by atoms with Crippen molar-refractivity contribution >= 4 is 17.7 Å². The molecular formula is C10H9FN2O2. The fourth-order valence-electron chi connectivity index (χ4n) is 1.43. The fraction of sp³-hybridized carbons (Fsp3) is 0.100. The molecule has 0 saturated heterocycles. The van der Waals surface area contributed by atoms with E-state index in [2.05, 4.69) is 0 Å². The van der Waals surface area contributed by atoms with Gasteiger partial charge in [-0.1, -0.05) is 0 Å². The molecule has 2 rings (SSSR count). The summed E-state index contributed by atoms with van der Waals surface area (Å²) in [5.74, 6) is 0.306. The van der Waals surface area contributed by atoms with Crippen molar-refractivity contribution in [3.63, 3.8) is 0 Å². The van der Waals surface area contributed by atoms with Crippen LogP contribution in [0.4, 0.5) is 15.8 Å². The Balaban J connectivity index is 2.54. The molecule has 0 aliphatic carbocycles. The van der Waals surface area contributed by atoms with Gasteiger partial charge in [0.25, 0.3) is 0 Å². The molecule has 0 unspecified atom stereocenters. The van der Waals surface area contributed by atoms with Gasteiger partial charge in [0, 0.05) is 18.8 Å². The lowest BCUT2D eigenvalue weighted by Crippen LogP contribution is -2.24. The van der Waals surface area contributed by atoms with Gasteiger partial charge in [-0.3, -0.25) is 4.79 Å². The second-order valence-corrected chi connectivity index (χ2v) is 3.17. The number of hydrogen-bond acceptors (Lipinski definition) is 4. The van der Waals surface area contributed by atoms with Crippen LogP contribution in [0.5, 0.6) is 5.75 Å². The van der Waals surface area contributed by atoms with E-state index in [0.717, 1.165) is 0 Å². The van der Waals surface area contributed by atoms with Crippen molar-refractivity contribution in [2.75, 3.05) is 17.7 Å². The van der Waals surface area contributed by atoms with Crippen LogP contribution in [0.25, 0.3) is 0 Å². The highest BCUT2D eigenvalue weighted by atomic mass is 19.1. The average molecular weight is 208 g/mol. The molecule has 0 spiro atoms. The van der Waals surface area contributed by atoms with Crippen LogP contribution in [-0.2, 0) is 4.79 Å². The second kappa shape index (κ2) is 3.27. The van der Waals surface area contributed by atoms with Crippen LogP contribution in [0, 0.1) is 0 Å². The molecule has 0 atom stereocenters. The number of allylic oxidation sites excluding steroid dienone is 1. The number of fused-ring (bicyclic) bond motifs is 1. The number of anilines is 2. The van der Waals surface area contributed by atoms with Gasteiger partial charge < -0.3 is 15.4 Å². The van der Waals surface area contributed by atoms with Crippen LogP contribution in [0.3, 0.4) is 0 Å². The molecule has 4 nitrogen and oxygen atoms in total. The number of benzene rings is 1. The molecule has 78 valence electrons. The second-order valence-electron chi connectivity index (χ2n) is 3.17. The molecule has 5 heteroatoms. The van der Waals surface area contributed by atoms with Crippen molar-refractivity contribution in [1.29, 1.82) is 0 Å². The van der Waals surface area contributed by atoms with Crippen molar-refractivity contribution in [3.05, 3.63) is 29.9 Å². The lowest BCUT2D eigenvalue weighted by Gasteiger charge is -2.26. The van der Waals surface area contributed by atoms with Gasteiger partial charge in [0.2, 0.25) is 0 Å². The third kappa shape index (κ3) is 1.41. The molecule has 15 heavy (non-hydrogen) atoms. The van der Waals surface area contributed by atoms with E-state index in [1.807, 2.05) is 0 Å². The highest BCUT2D eigenvalue weighted by Crippen LogP contribution is 2.37. The zero-order valence-corrected chi connectivity index (χ0v) is 8.03. The SMILES string of the molecule is CN1C(C=O)=C(F)Oc2cc(N)ccc21. The summed E-state index contributed by atoms with van der Waals surface area (Å²) in [6.45, 7) is 0. The predicted octanol–water partition coefficient (Wildman–Crippen LogP) is 1.43. The normalized spacial score (nSPS) is 14.7. The van der Waals surface area contributed by atoms with E-state index in [4.69, 9.17) is 10.5 Å². The minimum absolute atomic E-state index is 0.132. The van der Waals surface area contributed by atoms with E-state index >= 15 is 0 Å². The zero-order valence-electron chi connectivity index (χ0n) is 8.03. The lowest BCUT2D eigenvalue weighted by molar-refractivity contribution is -0.105. The first-order valence-corrected chi connectivity index (χ1v) is 4.29. The number of carbonyl (C=O) groups excluding carboxylic acids is 1. The number of ether oxygens (including phenoxy) is 1. The molecule has 0 bridgehead atoms. The molecule has 1 aromatic rings. The van der Waals surface area contributed by atoms with Crippen LogP contribution in [-0.4, -0.2) is 13.3 Å². The monoisotopic (exact) mass is 208 g/mol. The standard InChI is InChI=1S/C10H9FN2O2/c1-13-7-3-2-6(12)4-9(7)15-10(11)8(13)5-14/h2-5H,12H2,1H3. The minimum Gasteiger partial charge on any atom is -0.428 e. The number of hydrogen-bond donors (Lipinski definition) is 1. The summed E-state index contributed by atoms with van der Waals surface area (Å²) in [4.78, 5) is 12.0. The van der Waals surface area contributed by atoms with Crippen molar-refractivity contribution in [1.82, 2.24) is 0 Å². The van der Waals surface area contributed by atoms with Crippen LogP contribution in [0.1, 0.15) is 0 Å². The molecule has 0 radical (unpaired) electrons. The molecular weight excluding hydrogens is 199 g/mol.